The summed E-state index contributed by atoms with van der Waals surface area (Å²) in [4.78, 5) is 17.3. The van der Waals surface area contributed by atoms with Crippen LogP contribution in [0.1, 0.15) is 44.1 Å². The lowest BCUT2D eigenvalue weighted by atomic mass is 9.74. The Morgan fingerprint density at radius 1 is 1.00 bits per heavy atom. The number of morpholine rings is 1. The van der Waals surface area contributed by atoms with Gasteiger partial charge in [-0.15, -0.1) is 0 Å². The standard InChI is InChI=1S/C25H39N3O4/c29-21-8-12-28(13-9-21)22-6-10-25(11-7-23(22)30,20-4-2-1-3-5-20)19-26-24(31)18-27-14-16-32-17-15-27/h1-5,21-23,29-30H,6-19H2,(H,26,31)/t22-,23-,25-/m0/s1. The van der Waals surface area contributed by atoms with Gasteiger partial charge in [0.1, 0.15) is 0 Å². The first-order valence-electron chi connectivity index (χ1n) is 12.3. The molecule has 0 radical (unpaired) electrons. The highest BCUT2D eigenvalue weighted by atomic mass is 16.5. The first kappa shape index (κ1) is 23.6. The van der Waals surface area contributed by atoms with Crippen LogP contribution in [0.4, 0.5) is 0 Å². The van der Waals surface area contributed by atoms with E-state index in [-0.39, 0.29) is 29.6 Å². The predicted molar refractivity (Wildman–Crippen MR) is 123 cm³/mol. The highest BCUT2D eigenvalue weighted by Crippen LogP contribution is 2.39. The van der Waals surface area contributed by atoms with Gasteiger partial charge in [-0.2, -0.15) is 0 Å². The molecule has 0 bridgehead atoms. The number of carbonyl (C=O) groups is 1. The molecular weight excluding hydrogens is 406 g/mol. The fourth-order valence-electron chi connectivity index (χ4n) is 5.65. The zero-order valence-corrected chi connectivity index (χ0v) is 19.1. The summed E-state index contributed by atoms with van der Waals surface area (Å²) in [7, 11) is 0. The smallest absolute Gasteiger partial charge is 0.234 e. The van der Waals surface area contributed by atoms with Crippen molar-refractivity contribution in [2.75, 3.05) is 52.5 Å². The van der Waals surface area contributed by atoms with Gasteiger partial charge >= 0.3 is 0 Å². The fraction of sp³-hybridized carbons (Fsp3) is 0.720. The minimum atomic E-state index is -0.375. The highest BCUT2D eigenvalue weighted by Gasteiger charge is 2.40. The van der Waals surface area contributed by atoms with Crippen LogP contribution in [0.2, 0.25) is 0 Å². The molecule has 7 nitrogen and oxygen atoms in total. The fourth-order valence-corrected chi connectivity index (χ4v) is 5.65. The molecule has 32 heavy (non-hydrogen) atoms. The maximum absolute atomic E-state index is 12.7. The van der Waals surface area contributed by atoms with Crippen LogP contribution in [0.3, 0.4) is 0 Å². The highest BCUT2D eigenvalue weighted by molar-refractivity contribution is 5.78. The van der Waals surface area contributed by atoms with Gasteiger partial charge in [0.15, 0.2) is 0 Å². The number of carbonyl (C=O) groups excluding carboxylic acids is 1. The third-order valence-electron chi connectivity index (χ3n) is 7.73. The normalized spacial score (nSPS) is 31.2. The van der Waals surface area contributed by atoms with Gasteiger partial charge in [-0.3, -0.25) is 14.6 Å². The second-order valence-electron chi connectivity index (χ2n) is 9.79. The van der Waals surface area contributed by atoms with Gasteiger partial charge in [0.2, 0.25) is 5.91 Å². The molecule has 3 atom stereocenters. The Labute approximate surface area is 191 Å². The Morgan fingerprint density at radius 2 is 1.69 bits per heavy atom. The molecule has 3 N–H and O–H groups in total. The minimum Gasteiger partial charge on any atom is -0.393 e. The van der Waals surface area contributed by atoms with E-state index >= 15 is 0 Å². The van der Waals surface area contributed by atoms with Crippen molar-refractivity contribution < 1.29 is 19.7 Å². The molecule has 3 fully saturated rings. The number of hydrogen-bond acceptors (Lipinski definition) is 6. The van der Waals surface area contributed by atoms with Gasteiger partial charge in [0, 0.05) is 44.2 Å². The molecule has 0 unspecified atom stereocenters. The number of amides is 1. The van der Waals surface area contributed by atoms with Crippen molar-refractivity contribution in [3.63, 3.8) is 0 Å². The van der Waals surface area contributed by atoms with E-state index in [4.69, 9.17) is 4.74 Å². The molecule has 178 valence electrons. The first-order chi connectivity index (χ1) is 15.6. The Bertz CT molecular complexity index is 719. The number of likely N-dealkylation sites (tertiary alicyclic amines) is 1. The molecule has 1 aromatic carbocycles. The number of ether oxygens (including phenoxy) is 1. The molecule has 1 amide bonds. The van der Waals surface area contributed by atoms with Crippen molar-refractivity contribution in [1.82, 2.24) is 15.1 Å². The molecule has 2 saturated heterocycles. The lowest BCUT2D eigenvalue weighted by molar-refractivity contribution is -0.123. The maximum Gasteiger partial charge on any atom is 0.234 e. The van der Waals surface area contributed by atoms with Crippen molar-refractivity contribution in [3.05, 3.63) is 35.9 Å². The van der Waals surface area contributed by atoms with Gasteiger partial charge in [-0.05, 0) is 44.1 Å². The van der Waals surface area contributed by atoms with Gasteiger partial charge < -0.3 is 20.3 Å². The summed E-state index contributed by atoms with van der Waals surface area (Å²) in [5, 5.41) is 24.1. The third kappa shape index (κ3) is 5.88. The largest absolute Gasteiger partial charge is 0.393 e. The quantitative estimate of drug-likeness (QED) is 0.570. The van der Waals surface area contributed by atoms with Crippen LogP contribution in [0.5, 0.6) is 0 Å². The topological polar surface area (TPSA) is 85.3 Å². The predicted octanol–water partition coefficient (Wildman–Crippen LogP) is 1.13. The number of piperidine rings is 1. The van der Waals surface area contributed by atoms with Crippen LogP contribution in [0, 0.1) is 0 Å². The Balaban J connectivity index is 1.44. The van der Waals surface area contributed by atoms with Gasteiger partial charge in [0.25, 0.3) is 0 Å². The van der Waals surface area contributed by atoms with Crippen LogP contribution in [-0.4, -0.2) is 96.7 Å². The van der Waals surface area contributed by atoms with Gasteiger partial charge in [0.05, 0.1) is 32.0 Å². The number of rotatable bonds is 6. The summed E-state index contributed by atoms with van der Waals surface area (Å²) in [6, 6.07) is 10.6. The summed E-state index contributed by atoms with van der Waals surface area (Å²) in [6.07, 6.45) is 4.37. The average Bonchev–Trinajstić information content (AvgIpc) is 2.99. The molecule has 1 aliphatic carbocycles. The second-order valence-corrected chi connectivity index (χ2v) is 9.79. The molecule has 2 heterocycles. The number of nitrogens with one attached hydrogen (secondary N) is 1. The summed E-state index contributed by atoms with van der Waals surface area (Å²) in [5.74, 6) is 0.0635. The Kier molecular flexibility index (Phi) is 8.18. The lowest BCUT2D eigenvalue weighted by Crippen LogP contribution is -2.48. The molecule has 2 aliphatic heterocycles. The van der Waals surface area contributed by atoms with Crippen molar-refractivity contribution in [1.29, 1.82) is 0 Å². The van der Waals surface area contributed by atoms with Crippen LogP contribution < -0.4 is 5.32 Å². The summed E-state index contributed by atoms with van der Waals surface area (Å²) >= 11 is 0. The van der Waals surface area contributed by atoms with E-state index in [0.717, 1.165) is 64.7 Å². The van der Waals surface area contributed by atoms with E-state index < -0.39 is 0 Å². The zero-order chi connectivity index (χ0) is 22.4. The third-order valence-corrected chi connectivity index (χ3v) is 7.73. The number of aliphatic hydroxyl groups is 2. The van der Waals surface area contributed by atoms with Gasteiger partial charge in [-0.1, -0.05) is 30.3 Å². The zero-order valence-electron chi connectivity index (χ0n) is 19.1. The van der Waals surface area contributed by atoms with E-state index in [1.807, 2.05) is 6.07 Å². The lowest BCUT2D eigenvalue weighted by Gasteiger charge is -2.38. The Morgan fingerprint density at radius 3 is 2.41 bits per heavy atom. The van der Waals surface area contributed by atoms with Crippen LogP contribution >= 0.6 is 0 Å². The van der Waals surface area contributed by atoms with E-state index in [1.165, 1.54) is 5.56 Å². The molecule has 0 spiro atoms. The van der Waals surface area contributed by atoms with E-state index in [0.29, 0.717) is 26.3 Å². The number of hydrogen-bond donors (Lipinski definition) is 3. The van der Waals surface area contributed by atoms with E-state index in [1.54, 1.807) is 0 Å². The van der Waals surface area contributed by atoms with Gasteiger partial charge in [-0.25, -0.2) is 0 Å². The van der Waals surface area contributed by atoms with Crippen LogP contribution in [0.15, 0.2) is 30.3 Å². The minimum absolute atomic E-state index is 0.0635. The van der Waals surface area contributed by atoms with E-state index in [2.05, 4.69) is 39.4 Å². The monoisotopic (exact) mass is 445 g/mol. The molecular formula is C25H39N3O4. The first-order valence-corrected chi connectivity index (χ1v) is 12.3. The summed E-state index contributed by atoms with van der Waals surface area (Å²) in [5.41, 5.74) is 1.07. The number of benzene rings is 1. The van der Waals surface area contributed by atoms with E-state index in [9.17, 15) is 15.0 Å². The molecule has 4 rings (SSSR count). The molecule has 1 aromatic rings. The number of nitrogens with zero attached hydrogens (tertiary/aromatic N) is 2. The van der Waals surface area contributed by atoms with Crippen molar-refractivity contribution in [3.8, 4) is 0 Å². The summed E-state index contributed by atoms with van der Waals surface area (Å²) < 4.78 is 5.39. The molecule has 0 aromatic heterocycles. The molecule has 7 heteroatoms. The van der Waals surface area contributed by atoms with Crippen LogP contribution in [0.25, 0.3) is 0 Å². The maximum atomic E-state index is 12.7. The van der Waals surface area contributed by atoms with Crippen molar-refractivity contribution in [2.45, 2.75) is 62.2 Å². The van der Waals surface area contributed by atoms with Crippen molar-refractivity contribution >= 4 is 5.91 Å². The molecule has 1 saturated carbocycles. The SMILES string of the molecule is O=C(CN1CCOCC1)NC[C@@]1(c2ccccc2)CC[C@H](O)[C@@H](N2CCC(O)CC2)CC1. The average molecular weight is 446 g/mol. The van der Waals surface area contributed by atoms with Crippen molar-refractivity contribution in [2.24, 2.45) is 0 Å². The summed E-state index contributed by atoms with van der Waals surface area (Å²) in [6.45, 7) is 5.68. The second kappa shape index (κ2) is 11.1. The molecule has 3 aliphatic rings. The van der Waals surface area contributed by atoms with Crippen LogP contribution in [-0.2, 0) is 14.9 Å². The number of aliphatic hydroxyl groups excluding tert-OH is 2. The Hall–Kier alpha value is -1.51.